The highest BCUT2D eigenvalue weighted by Crippen LogP contribution is 2.30. The number of hydrogen-bond donors (Lipinski definition) is 2. The Morgan fingerprint density at radius 3 is 2.53 bits per heavy atom. The molecule has 0 bridgehead atoms. The van der Waals surface area contributed by atoms with Crippen LogP contribution in [0.25, 0.3) is 5.69 Å². The predicted molar refractivity (Wildman–Crippen MR) is 125 cm³/mol. The zero-order valence-corrected chi connectivity index (χ0v) is 18.8. The molecule has 166 valence electrons. The van der Waals surface area contributed by atoms with Crippen LogP contribution in [-0.2, 0) is 16.6 Å². The van der Waals surface area contributed by atoms with Gasteiger partial charge in [0.15, 0.2) is 6.61 Å². The molecule has 0 radical (unpaired) electrons. The fourth-order valence-electron chi connectivity index (χ4n) is 3.43. The Labute approximate surface area is 188 Å². The summed E-state index contributed by atoms with van der Waals surface area (Å²) in [6.45, 7) is 6.72. The van der Waals surface area contributed by atoms with E-state index in [9.17, 15) is 10.1 Å². The van der Waals surface area contributed by atoms with Crippen LogP contribution in [0.4, 0.5) is 5.82 Å². The largest absolute Gasteiger partial charge is 0.483 e. The van der Waals surface area contributed by atoms with Gasteiger partial charge in [0.05, 0.1) is 11.4 Å². The maximum absolute atomic E-state index is 12.2. The molecular weight excluding hydrogens is 402 g/mol. The van der Waals surface area contributed by atoms with Gasteiger partial charge in [-0.15, -0.1) is 0 Å². The van der Waals surface area contributed by atoms with Crippen molar-refractivity contribution in [1.29, 1.82) is 5.26 Å². The van der Waals surface area contributed by atoms with Crippen LogP contribution in [0.2, 0.25) is 0 Å². The zero-order valence-electron chi connectivity index (χ0n) is 18.8. The molecule has 3 aromatic rings. The van der Waals surface area contributed by atoms with Crippen LogP contribution in [0, 0.1) is 11.3 Å². The van der Waals surface area contributed by atoms with Gasteiger partial charge in [0.1, 0.15) is 23.2 Å². The lowest BCUT2D eigenvalue weighted by Crippen LogP contribution is -2.30. The molecule has 0 aliphatic carbocycles. The van der Waals surface area contributed by atoms with Gasteiger partial charge in [-0.25, -0.2) is 4.68 Å². The molecule has 1 aromatic heterocycles. The van der Waals surface area contributed by atoms with Crippen molar-refractivity contribution in [2.45, 2.75) is 39.0 Å². The van der Waals surface area contributed by atoms with E-state index in [1.54, 1.807) is 4.68 Å². The minimum atomic E-state index is -0.191. The third kappa shape index (κ3) is 5.46. The number of benzene rings is 2. The number of anilines is 1. The standard InChI is InChI=1S/C25H29N5O2/c1-25(2,3)20-12-7-8-14-22(20)32-17-23(31)28-15-9-13-21-19(16-26)24(27)30(29-21)18-10-5-4-6-11-18/h4-8,10-12,14H,9,13,15,17,27H2,1-3H3,(H,28,31). The quantitative estimate of drug-likeness (QED) is 0.528. The van der Waals surface area contributed by atoms with E-state index in [2.05, 4.69) is 37.3 Å². The predicted octanol–water partition coefficient (Wildman–Crippen LogP) is 3.75. The Hall–Kier alpha value is -3.79. The van der Waals surface area contributed by atoms with Crippen molar-refractivity contribution >= 4 is 11.7 Å². The Morgan fingerprint density at radius 1 is 1.16 bits per heavy atom. The van der Waals surface area contributed by atoms with Crippen LogP contribution in [0.5, 0.6) is 5.75 Å². The average Bonchev–Trinajstić information content (AvgIpc) is 3.10. The number of carbonyl (C=O) groups excluding carboxylic acids is 1. The fourth-order valence-corrected chi connectivity index (χ4v) is 3.43. The molecule has 7 nitrogen and oxygen atoms in total. The van der Waals surface area contributed by atoms with Gasteiger partial charge >= 0.3 is 0 Å². The maximum Gasteiger partial charge on any atom is 0.257 e. The lowest BCUT2D eigenvalue weighted by molar-refractivity contribution is -0.123. The number of carbonyl (C=O) groups is 1. The van der Waals surface area contributed by atoms with E-state index < -0.39 is 0 Å². The molecule has 1 amide bonds. The number of para-hydroxylation sites is 2. The molecule has 0 unspecified atom stereocenters. The van der Waals surface area contributed by atoms with Gasteiger partial charge in [0.25, 0.3) is 5.91 Å². The number of nitrogens with zero attached hydrogens (tertiary/aromatic N) is 3. The lowest BCUT2D eigenvalue weighted by Gasteiger charge is -2.22. The van der Waals surface area contributed by atoms with Gasteiger partial charge in [-0.3, -0.25) is 4.79 Å². The van der Waals surface area contributed by atoms with Crippen LogP contribution in [0.15, 0.2) is 54.6 Å². The Bertz CT molecular complexity index is 1110. The number of rotatable bonds is 8. The normalized spacial score (nSPS) is 11.1. The van der Waals surface area contributed by atoms with Gasteiger partial charge in [-0.1, -0.05) is 57.2 Å². The minimum absolute atomic E-state index is 0.0495. The van der Waals surface area contributed by atoms with Gasteiger partial charge < -0.3 is 15.8 Å². The van der Waals surface area contributed by atoms with E-state index in [1.165, 1.54) is 0 Å². The van der Waals surface area contributed by atoms with Gasteiger partial charge in [0.2, 0.25) is 0 Å². The summed E-state index contributed by atoms with van der Waals surface area (Å²) < 4.78 is 7.33. The number of nitriles is 1. The SMILES string of the molecule is CC(C)(C)c1ccccc1OCC(=O)NCCCc1nn(-c2ccccc2)c(N)c1C#N. The highest BCUT2D eigenvalue weighted by Gasteiger charge is 2.19. The van der Waals surface area contributed by atoms with Crippen molar-refractivity contribution < 1.29 is 9.53 Å². The molecule has 32 heavy (non-hydrogen) atoms. The zero-order chi connectivity index (χ0) is 23.1. The second-order valence-electron chi connectivity index (χ2n) is 8.55. The molecule has 0 saturated heterocycles. The maximum atomic E-state index is 12.2. The van der Waals surface area contributed by atoms with Gasteiger partial charge in [0, 0.05) is 6.54 Å². The summed E-state index contributed by atoms with van der Waals surface area (Å²) in [6.07, 6.45) is 1.16. The number of aromatic nitrogens is 2. The summed E-state index contributed by atoms with van der Waals surface area (Å²) in [6, 6.07) is 19.3. The lowest BCUT2D eigenvalue weighted by atomic mass is 9.86. The summed E-state index contributed by atoms with van der Waals surface area (Å²) in [7, 11) is 0. The Balaban J connectivity index is 1.52. The van der Waals surface area contributed by atoms with E-state index in [-0.39, 0.29) is 17.9 Å². The number of nitrogens with one attached hydrogen (secondary N) is 1. The third-order valence-corrected chi connectivity index (χ3v) is 5.07. The van der Waals surface area contributed by atoms with Crippen molar-refractivity contribution in [2.75, 3.05) is 18.9 Å². The summed E-state index contributed by atoms with van der Waals surface area (Å²) in [4.78, 5) is 12.2. The third-order valence-electron chi connectivity index (χ3n) is 5.07. The number of ether oxygens (including phenoxy) is 1. The number of nitrogens with two attached hydrogens (primary N) is 1. The number of nitrogen functional groups attached to an aromatic ring is 1. The molecule has 7 heteroatoms. The highest BCUT2D eigenvalue weighted by atomic mass is 16.5. The molecule has 0 saturated carbocycles. The number of aryl methyl sites for hydroxylation is 1. The molecule has 0 spiro atoms. The minimum Gasteiger partial charge on any atom is -0.483 e. The second kappa shape index (κ2) is 10.0. The van der Waals surface area contributed by atoms with Crippen molar-refractivity contribution in [3.63, 3.8) is 0 Å². The van der Waals surface area contributed by atoms with Gasteiger partial charge in [-0.2, -0.15) is 10.4 Å². The first-order valence-electron chi connectivity index (χ1n) is 10.6. The van der Waals surface area contributed by atoms with E-state index in [1.807, 2.05) is 54.6 Å². The van der Waals surface area contributed by atoms with Crippen LogP contribution >= 0.6 is 0 Å². The average molecular weight is 432 g/mol. The molecule has 1 heterocycles. The van der Waals surface area contributed by atoms with Crippen molar-refractivity contribution in [2.24, 2.45) is 0 Å². The summed E-state index contributed by atoms with van der Waals surface area (Å²) in [5, 5.41) is 16.9. The molecule has 3 N–H and O–H groups in total. The first kappa shape index (κ1) is 22.9. The molecule has 3 rings (SSSR count). The second-order valence-corrected chi connectivity index (χ2v) is 8.55. The van der Waals surface area contributed by atoms with Crippen LogP contribution in [0.3, 0.4) is 0 Å². The van der Waals surface area contributed by atoms with E-state index >= 15 is 0 Å². The monoisotopic (exact) mass is 431 g/mol. The number of hydrogen-bond acceptors (Lipinski definition) is 5. The molecular formula is C25H29N5O2. The number of amides is 1. The molecule has 0 aliphatic rings. The van der Waals surface area contributed by atoms with Crippen molar-refractivity contribution in [1.82, 2.24) is 15.1 Å². The highest BCUT2D eigenvalue weighted by molar-refractivity contribution is 5.77. The van der Waals surface area contributed by atoms with Crippen LogP contribution in [-0.4, -0.2) is 28.8 Å². The molecule has 0 fully saturated rings. The first-order chi connectivity index (χ1) is 15.3. The first-order valence-corrected chi connectivity index (χ1v) is 10.6. The van der Waals surface area contributed by atoms with Crippen molar-refractivity contribution in [3.05, 3.63) is 71.4 Å². The Kier molecular flexibility index (Phi) is 7.16. The van der Waals surface area contributed by atoms with Crippen LogP contribution < -0.4 is 15.8 Å². The van der Waals surface area contributed by atoms with E-state index in [0.717, 1.165) is 17.0 Å². The fraction of sp³-hybridized carbons (Fsp3) is 0.320. The summed E-state index contributed by atoms with van der Waals surface area (Å²) in [5.41, 5.74) is 8.91. The van der Waals surface area contributed by atoms with Crippen molar-refractivity contribution in [3.8, 4) is 17.5 Å². The van der Waals surface area contributed by atoms with Gasteiger partial charge in [-0.05, 0) is 42.0 Å². The smallest absolute Gasteiger partial charge is 0.257 e. The molecule has 2 aromatic carbocycles. The summed E-state index contributed by atoms with van der Waals surface area (Å²) in [5.74, 6) is 0.850. The van der Waals surface area contributed by atoms with E-state index in [4.69, 9.17) is 10.5 Å². The Morgan fingerprint density at radius 2 is 1.84 bits per heavy atom. The van der Waals surface area contributed by atoms with Crippen LogP contribution in [0.1, 0.15) is 44.0 Å². The topological polar surface area (TPSA) is 106 Å². The van der Waals surface area contributed by atoms with E-state index in [0.29, 0.717) is 36.5 Å². The molecule has 0 aliphatic heterocycles. The molecule has 0 atom stereocenters. The summed E-state index contributed by atoms with van der Waals surface area (Å²) >= 11 is 0.